The lowest BCUT2D eigenvalue weighted by atomic mass is 9.43. The molecule has 1 heterocycles. The van der Waals surface area contributed by atoms with E-state index in [-0.39, 0.29) is 40.6 Å². The van der Waals surface area contributed by atoms with Gasteiger partial charge in [-0.15, -0.1) is 0 Å². The van der Waals surface area contributed by atoms with Gasteiger partial charge in [-0.25, -0.2) is 0 Å². The van der Waals surface area contributed by atoms with Crippen molar-refractivity contribution in [1.29, 1.82) is 0 Å². The molecule has 259 valence electrons. The first-order chi connectivity index (χ1) is 22.6. The predicted octanol–water partition coefficient (Wildman–Crippen LogP) is 8.68. The van der Waals surface area contributed by atoms with Gasteiger partial charge < -0.3 is 19.9 Å². The summed E-state index contributed by atoms with van der Waals surface area (Å²) in [7, 11) is 1.40. The van der Waals surface area contributed by atoms with Crippen LogP contribution in [0.5, 0.6) is 0 Å². The van der Waals surface area contributed by atoms with Crippen molar-refractivity contribution in [3.8, 4) is 0 Å². The molecule has 47 heavy (non-hydrogen) atoms. The van der Waals surface area contributed by atoms with E-state index in [0.29, 0.717) is 24.2 Å². The molecule has 0 spiro atoms. The molecule has 1 saturated heterocycles. The second kappa shape index (κ2) is 16.7. The van der Waals surface area contributed by atoms with Crippen LogP contribution in [0.3, 0.4) is 0 Å². The van der Waals surface area contributed by atoms with E-state index in [1.165, 1.54) is 77.0 Å². The Morgan fingerprint density at radius 2 is 1.47 bits per heavy atom. The Balaban J connectivity index is 1.24. The zero-order valence-electron chi connectivity index (χ0n) is 30.2. The SMILES string of the molecule is CC(C)C[C@H](NC(=O)[C@H](Cc1ccccc1)NC(=O)[B]C1CCCCCCCCCCCCC1)B1OC2C[C@H]3C[C@H](C3(C)C)[C@@]2(C)O1. The summed E-state index contributed by atoms with van der Waals surface area (Å²) in [6.45, 7) is 11.3. The number of amides is 2. The normalized spacial score (nSPS) is 29.9. The summed E-state index contributed by atoms with van der Waals surface area (Å²) in [6, 6.07) is 9.34. The Morgan fingerprint density at radius 1 is 0.872 bits per heavy atom. The zero-order valence-corrected chi connectivity index (χ0v) is 30.2. The fraction of sp³-hybridized carbons (Fsp3) is 0.795. The van der Waals surface area contributed by atoms with Crippen LogP contribution in [0.4, 0.5) is 4.79 Å². The number of carbonyl (C=O) groups excluding carboxylic acids is 2. The van der Waals surface area contributed by atoms with Crippen LogP contribution >= 0.6 is 0 Å². The smallest absolute Gasteiger partial charge is 0.404 e. The monoisotopic (exact) mass is 645 g/mol. The van der Waals surface area contributed by atoms with E-state index >= 15 is 0 Å². The van der Waals surface area contributed by atoms with Crippen LogP contribution in [0.1, 0.15) is 143 Å². The van der Waals surface area contributed by atoms with Gasteiger partial charge in [-0.3, -0.25) is 9.59 Å². The molecule has 5 fully saturated rings. The number of rotatable bonds is 10. The minimum Gasteiger partial charge on any atom is -0.404 e. The van der Waals surface area contributed by atoms with Crippen molar-refractivity contribution in [2.45, 2.75) is 173 Å². The quantitative estimate of drug-likeness (QED) is 0.250. The lowest BCUT2D eigenvalue weighted by molar-refractivity contribution is -0.199. The molecule has 1 aromatic carbocycles. The number of carbonyl (C=O) groups is 2. The Kier molecular flexibility index (Phi) is 13.0. The van der Waals surface area contributed by atoms with E-state index in [1.807, 2.05) is 37.6 Å². The third-order valence-corrected chi connectivity index (χ3v) is 12.3. The fourth-order valence-electron chi connectivity index (χ4n) is 9.31. The van der Waals surface area contributed by atoms with E-state index in [1.54, 1.807) is 0 Å². The molecule has 6 nitrogen and oxygen atoms in total. The highest BCUT2D eigenvalue weighted by atomic mass is 16.7. The highest BCUT2D eigenvalue weighted by Crippen LogP contribution is 2.65. The summed E-state index contributed by atoms with van der Waals surface area (Å²) >= 11 is 0. The molecule has 1 aromatic rings. The molecule has 0 aromatic heterocycles. The maximum absolute atomic E-state index is 14.2. The van der Waals surface area contributed by atoms with Crippen molar-refractivity contribution >= 4 is 26.1 Å². The molecule has 8 heteroatoms. The van der Waals surface area contributed by atoms with Crippen LogP contribution in [0.2, 0.25) is 5.82 Å². The molecule has 2 bridgehead atoms. The third-order valence-electron chi connectivity index (χ3n) is 12.3. The maximum atomic E-state index is 14.2. The van der Waals surface area contributed by atoms with E-state index in [2.05, 4.69) is 45.3 Å². The summed E-state index contributed by atoms with van der Waals surface area (Å²) in [6.07, 6.45) is 19.7. The maximum Gasteiger partial charge on any atom is 0.481 e. The van der Waals surface area contributed by atoms with Crippen LogP contribution in [0, 0.1) is 23.2 Å². The van der Waals surface area contributed by atoms with E-state index in [9.17, 15) is 9.59 Å². The van der Waals surface area contributed by atoms with Crippen LogP contribution in [-0.4, -0.2) is 49.8 Å². The Morgan fingerprint density at radius 3 is 2.04 bits per heavy atom. The molecule has 1 aliphatic heterocycles. The fourth-order valence-corrected chi connectivity index (χ4v) is 9.31. The Bertz CT molecular complexity index is 1140. The summed E-state index contributed by atoms with van der Waals surface area (Å²) in [5.74, 6) is 1.16. The number of hydrogen-bond acceptors (Lipinski definition) is 4. The van der Waals surface area contributed by atoms with Crippen LogP contribution in [-0.2, 0) is 20.5 Å². The molecular weight excluding hydrogens is 582 g/mol. The standard InChI is InChI=1S/C39H63B2N2O4/c1-28(2)24-35(41-46-34-27-30-26-33(38(30,3)4)39(34,5)47-41)43-36(44)32(25-29-20-16-15-17-21-29)42-37(45)40-31-22-18-13-11-9-7-6-8-10-12-14-19-23-31/h15-17,20-21,28,30-35H,6-14,18-19,22-27H2,1-5H3,(H,42,45)(H,43,44)/t30-,32+,33-,34?,35+,39-/m1/s1. The zero-order chi connectivity index (χ0) is 33.4. The molecule has 4 saturated carbocycles. The second-order valence-corrected chi connectivity index (χ2v) is 16.7. The van der Waals surface area contributed by atoms with Crippen molar-refractivity contribution in [2.24, 2.45) is 23.2 Å². The van der Waals surface area contributed by atoms with Crippen molar-refractivity contribution in [3.05, 3.63) is 35.9 Å². The van der Waals surface area contributed by atoms with Gasteiger partial charge in [0.2, 0.25) is 13.2 Å². The first-order valence-corrected chi connectivity index (χ1v) is 19.4. The summed E-state index contributed by atoms with van der Waals surface area (Å²) in [5, 5.41) is 6.50. The Hall–Kier alpha value is -1.79. The van der Waals surface area contributed by atoms with Gasteiger partial charge in [0.15, 0.2) is 5.81 Å². The average Bonchev–Trinajstić information content (AvgIpc) is 3.39. The van der Waals surface area contributed by atoms with E-state index < -0.39 is 13.2 Å². The summed E-state index contributed by atoms with van der Waals surface area (Å²) < 4.78 is 13.5. The highest BCUT2D eigenvalue weighted by Gasteiger charge is 2.68. The van der Waals surface area contributed by atoms with Crippen LogP contribution < -0.4 is 10.6 Å². The molecular formula is C39H63B2N2O4. The van der Waals surface area contributed by atoms with E-state index in [0.717, 1.165) is 31.2 Å². The van der Waals surface area contributed by atoms with Crippen molar-refractivity contribution in [3.63, 3.8) is 0 Å². The van der Waals surface area contributed by atoms with Gasteiger partial charge in [0, 0.05) is 6.42 Å². The van der Waals surface area contributed by atoms with Gasteiger partial charge in [-0.2, -0.15) is 0 Å². The molecule has 2 N–H and O–H groups in total. The lowest BCUT2D eigenvalue weighted by Crippen LogP contribution is -2.65. The molecule has 6 rings (SSSR count). The van der Waals surface area contributed by atoms with Gasteiger partial charge in [0.1, 0.15) is 6.04 Å². The minimum absolute atomic E-state index is 0.0602. The molecule has 2 amide bonds. The average molecular weight is 646 g/mol. The summed E-state index contributed by atoms with van der Waals surface area (Å²) in [4.78, 5) is 27.8. The highest BCUT2D eigenvalue weighted by molar-refractivity contribution is 6.74. The predicted molar refractivity (Wildman–Crippen MR) is 193 cm³/mol. The molecule has 4 aliphatic carbocycles. The number of benzene rings is 1. The van der Waals surface area contributed by atoms with Gasteiger partial charge >= 0.3 is 7.12 Å². The van der Waals surface area contributed by atoms with Gasteiger partial charge in [0.25, 0.3) is 0 Å². The van der Waals surface area contributed by atoms with Gasteiger partial charge in [-0.05, 0) is 54.9 Å². The van der Waals surface area contributed by atoms with Gasteiger partial charge in [-0.1, -0.05) is 147 Å². The molecule has 1 unspecified atom stereocenters. The molecule has 1 radical (unpaired) electrons. The topological polar surface area (TPSA) is 76.7 Å². The number of nitrogens with one attached hydrogen (secondary N) is 2. The van der Waals surface area contributed by atoms with E-state index in [4.69, 9.17) is 9.31 Å². The van der Waals surface area contributed by atoms with Crippen molar-refractivity contribution in [1.82, 2.24) is 10.6 Å². The number of hydrogen-bond donors (Lipinski definition) is 2. The Labute approximate surface area is 287 Å². The van der Waals surface area contributed by atoms with Crippen LogP contribution in [0.25, 0.3) is 0 Å². The van der Waals surface area contributed by atoms with Crippen molar-refractivity contribution in [2.75, 3.05) is 0 Å². The summed E-state index contributed by atoms with van der Waals surface area (Å²) in [5.41, 5.74) is 0.954. The first kappa shape index (κ1) is 36.5. The molecule has 6 atom stereocenters. The lowest BCUT2D eigenvalue weighted by Gasteiger charge is -2.64. The van der Waals surface area contributed by atoms with Crippen LogP contribution in [0.15, 0.2) is 30.3 Å². The minimum atomic E-state index is -0.680. The van der Waals surface area contributed by atoms with Gasteiger partial charge in [0.05, 0.1) is 17.6 Å². The second-order valence-electron chi connectivity index (χ2n) is 16.7. The molecule has 5 aliphatic rings. The third kappa shape index (κ3) is 9.47. The first-order valence-electron chi connectivity index (χ1n) is 19.4. The largest absolute Gasteiger partial charge is 0.481 e. The van der Waals surface area contributed by atoms with Crippen molar-refractivity contribution < 1.29 is 18.9 Å².